The maximum Gasteiger partial charge on any atom is 0.225 e. The molecule has 6 nitrogen and oxygen atoms in total. The Hall–Kier alpha value is -2.24. The summed E-state index contributed by atoms with van der Waals surface area (Å²) in [5, 5.41) is 12.4. The van der Waals surface area contributed by atoms with E-state index in [0.717, 1.165) is 0 Å². The molecule has 1 aromatic rings. The van der Waals surface area contributed by atoms with Crippen molar-refractivity contribution in [3.8, 4) is 5.75 Å². The average molecular weight is 221 g/mol. The molecule has 6 N–H and O–H groups in total. The highest BCUT2D eigenvalue weighted by molar-refractivity contribution is 6.01. The molecule has 0 atom stereocenters. The van der Waals surface area contributed by atoms with Gasteiger partial charge in [0.15, 0.2) is 5.96 Å². The van der Waals surface area contributed by atoms with Crippen molar-refractivity contribution in [3.05, 3.63) is 23.8 Å². The molecule has 6 heteroatoms. The van der Waals surface area contributed by atoms with Gasteiger partial charge in [-0.25, -0.2) is 0 Å². The molecule has 0 saturated carbocycles. The van der Waals surface area contributed by atoms with Crippen LogP contribution in [-0.2, 0) is 0 Å². The van der Waals surface area contributed by atoms with Gasteiger partial charge < -0.3 is 21.9 Å². The van der Waals surface area contributed by atoms with Gasteiger partial charge >= 0.3 is 0 Å². The van der Waals surface area contributed by atoms with Gasteiger partial charge in [-0.2, -0.15) is 4.99 Å². The molecule has 0 bridgehead atoms. The van der Waals surface area contributed by atoms with Gasteiger partial charge in [-0.05, 0) is 19.1 Å². The van der Waals surface area contributed by atoms with Crippen LogP contribution in [0.3, 0.4) is 0 Å². The van der Waals surface area contributed by atoms with Crippen molar-refractivity contribution >= 4 is 17.6 Å². The monoisotopic (exact) mass is 221 g/mol. The fourth-order valence-electron chi connectivity index (χ4n) is 1.14. The maximum atomic E-state index is 9.50. The van der Waals surface area contributed by atoms with Crippen LogP contribution in [0.2, 0.25) is 0 Å². The zero-order valence-electron chi connectivity index (χ0n) is 9.23. The number of nitrogens with two attached hydrogens (primary N) is 2. The van der Waals surface area contributed by atoms with E-state index in [-0.39, 0.29) is 17.7 Å². The number of benzene rings is 1. The second-order valence-corrected chi connectivity index (χ2v) is 3.16. The summed E-state index contributed by atoms with van der Waals surface area (Å²) in [6.45, 7) is 1.78. The lowest BCUT2D eigenvalue weighted by atomic mass is 10.2. The van der Waals surface area contributed by atoms with Crippen molar-refractivity contribution < 1.29 is 5.11 Å². The zero-order valence-corrected chi connectivity index (χ0v) is 9.23. The zero-order chi connectivity index (χ0) is 12.1. The molecule has 16 heavy (non-hydrogen) atoms. The van der Waals surface area contributed by atoms with Gasteiger partial charge in [0.2, 0.25) is 5.96 Å². The third kappa shape index (κ3) is 2.88. The Morgan fingerprint density at radius 3 is 2.62 bits per heavy atom. The molecule has 0 radical (unpaired) electrons. The number of phenolic OH excluding ortho intramolecular Hbond substituents is 1. The van der Waals surface area contributed by atoms with Crippen LogP contribution < -0.4 is 16.8 Å². The highest BCUT2D eigenvalue weighted by atomic mass is 16.3. The van der Waals surface area contributed by atoms with Crippen LogP contribution in [0.25, 0.3) is 0 Å². The van der Waals surface area contributed by atoms with Crippen molar-refractivity contribution in [1.29, 1.82) is 0 Å². The predicted molar refractivity (Wildman–Crippen MR) is 65.6 cm³/mol. The predicted octanol–water partition coefficient (Wildman–Crippen LogP) is 0.372. The standard InChI is InChI=1S/C10H15N5O/c1-6-7(4-3-5-8(6)16)14-10(13-2)15-9(11)12/h3-5,16H,1-2H3,(H5,11,12,13,14,15). The van der Waals surface area contributed by atoms with Crippen LogP contribution in [0, 0.1) is 6.92 Å². The minimum absolute atomic E-state index is 0.0779. The fourth-order valence-corrected chi connectivity index (χ4v) is 1.14. The highest BCUT2D eigenvalue weighted by Crippen LogP contribution is 2.23. The molecule has 86 valence electrons. The molecule has 0 heterocycles. The highest BCUT2D eigenvalue weighted by Gasteiger charge is 2.04. The number of nitrogens with one attached hydrogen (secondary N) is 1. The second-order valence-electron chi connectivity index (χ2n) is 3.16. The molecule has 0 unspecified atom stereocenters. The Labute approximate surface area is 93.7 Å². The van der Waals surface area contributed by atoms with Crippen molar-refractivity contribution in [2.45, 2.75) is 6.92 Å². The van der Waals surface area contributed by atoms with E-state index in [1.807, 2.05) is 0 Å². The van der Waals surface area contributed by atoms with E-state index in [1.165, 1.54) is 0 Å². The van der Waals surface area contributed by atoms with Gasteiger partial charge in [-0.3, -0.25) is 4.99 Å². The fraction of sp³-hybridized carbons (Fsp3) is 0.200. The topological polar surface area (TPSA) is 109 Å². The van der Waals surface area contributed by atoms with Crippen molar-refractivity contribution in [2.75, 3.05) is 12.4 Å². The summed E-state index contributed by atoms with van der Waals surface area (Å²) in [7, 11) is 1.56. The number of anilines is 1. The summed E-state index contributed by atoms with van der Waals surface area (Å²) in [6, 6.07) is 5.11. The molecular weight excluding hydrogens is 206 g/mol. The molecule has 0 aliphatic heterocycles. The minimum atomic E-state index is -0.0779. The largest absolute Gasteiger partial charge is 0.508 e. The van der Waals surface area contributed by atoms with E-state index >= 15 is 0 Å². The summed E-state index contributed by atoms with van der Waals surface area (Å²) >= 11 is 0. The summed E-state index contributed by atoms with van der Waals surface area (Å²) in [5.74, 6) is 0.407. The molecule has 1 rings (SSSR count). The van der Waals surface area contributed by atoms with Gasteiger partial charge in [0, 0.05) is 18.3 Å². The van der Waals surface area contributed by atoms with E-state index in [2.05, 4.69) is 15.3 Å². The van der Waals surface area contributed by atoms with Crippen LogP contribution in [0.5, 0.6) is 5.75 Å². The third-order valence-corrected chi connectivity index (χ3v) is 2.00. The van der Waals surface area contributed by atoms with E-state index in [4.69, 9.17) is 11.5 Å². The normalized spacial score (nSPS) is 11.0. The summed E-state index contributed by atoms with van der Waals surface area (Å²) in [4.78, 5) is 7.66. The van der Waals surface area contributed by atoms with E-state index in [9.17, 15) is 5.11 Å². The molecule has 0 aliphatic carbocycles. The molecule has 0 aromatic heterocycles. The van der Waals surface area contributed by atoms with E-state index in [1.54, 1.807) is 32.2 Å². The molecule has 1 aromatic carbocycles. The number of aromatic hydroxyl groups is 1. The molecule has 0 saturated heterocycles. The summed E-state index contributed by atoms with van der Waals surface area (Å²) < 4.78 is 0. The lowest BCUT2D eigenvalue weighted by Crippen LogP contribution is -2.26. The Kier molecular flexibility index (Phi) is 3.71. The molecule has 0 spiro atoms. The summed E-state index contributed by atoms with van der Waals surface area (Å²) in [6.07, 6.45) is 0. The van der Waals surface area contributed by atoms with Crippen LogP contribution >= 0.6 is 0 Å². The number of hydrogen-bond donors (Lipinski definition) is 4. The SMILES string of the molecule is CN=C(N=C(N)N)Nc1cccc(O)c1C. The smallest absolute Gasteiger partial charge is 0.225 e. The van der Waals surface area contributed by atoms with Gasteiger partial charge in [-0.1, -0.05) is 6.07 Å². The average Bonchev–Trinajstić information content (AvgIpc) is 2.23. The van der Waals surface area contributed by atoms with Gasteiger partial charge in [0.1, 0.15) is 5.75 Å². The van der Waals surface area contributed by atoms with Crippen molar-refractivity contribution in [2.24, 2.45) is 21.5 Å². The lowest BCUT2D eigenvalue weighted by Gasteiger charge is -2.09. The van der Waals surface area contributed by atoms with Crippen LogP contribution in [0.1, 0.15) is 5.56 Å². The first-order chi connectivity index (χ1) is 7.54. The van der Waals surface area contributed by atoms with Gasteiger partial charge in [0.05, 0.1) is 0 Å². The molecule has 0 aliphatic rings. The lowest BCUT2D eigenvalue weighted by molar-refractivity contribution is 0.471. The second kappa shape index (κ2) is 5.01. The van der Waals surface area contributed by atoms with Gasteiger partial charge in [-0.15, -0.1) is 0 Å². The number of nitrogens with zero attached hydrogens (tertiary/aromatic N) is 2. The number of rotatable bonds is 1. The van der Waals surface area contributed by atoms with Crippen LogP contribution in [0.15, 0.2) is 28.2 Å². The summed E-state index contributed by atoms with van der Waals surface area (Å²) in [5.41, 5.74) is 11.9. The Morgan fingerprint density at radius 2 is 2.06 bits per heavy atom. The van der Waals surface area contributed by atoms with E-state index < -0.39 is 0 Å². The van der Waals surface area contributed by atoms with Gasteiger partial charge in [0.25, 0.3) is 0 Å². The van der Waals surface area contributed by atoms with Crippen molar-refractivity contribution in [3.63, 3.8) is 0 Å². The first-order valence-electron chi connectivity index (χ1n) is 4.66. The first kappa shape index (κ1) is 11.8. The number of phenols is 1. The Balaban J connectivity index is 2.96. The number of aliphatic imine (C=N–C) groups is 2. The molecule has 0 fully saturated rings. The number of guanidine groups is 2. The number of hydrogen-bond acceptors (Lipinski definition) is 2. The first-order valence-corrected chi connectivity index (χ1v) is 4.66. The van der Waals surface area contributed by atoms with Crippen LogP contribution in [-0.4, -0.2) is 24.1 Å². The quantitative estimate of drug-likeness (QED) is 0.405. The molecular formula is C10H15N5O. The Bertz CT molecular complexity index is 435. The minimum Gasteiger partial charge on any atom is -0.508 e. The third-order valence-electron chi connectivity index (χ3n) is 2.00. The van der Waals surface area contributed by atoms with Crippen molar-refractivity contribution in [1.82, 2.24) is 0 Å². The maximum absolute atomic E-state index is 9.50. The van der Waals surface area contributed by atoms with Crippen LogP contribution in [0.4, 0.5) is 5.69 Å². The Morgan fingerprint density at radius 1 is 1.38 bits per heavy atom. The van der Waals surface area contributed by atoms with E-state index in [0.29, 0.717) is 11.3 Å². The molecule has 0 amide bonds.